The van der Waals surface area contributed by atoms with E-state index in [1.54, 1.807) is 4.90 Å². The highest BCUT2D eigenvalue weighted by atomic mass is 19.4. The molecule has 1 aromatic rings. The molecule has 0 bridgehead atoms. The minimum Gasteiger partial charge on any atom is -0.377 e. The van der Waals surface area contributed by atoms with Crippen LogP contribution in [0, 0.1) is 0 Å². The lowest BCUT2D eigenvalue weighted by Gasteiger charge is -2.38. The summed E-state index contributed by atoms with van der Waals surface area (Å²) in [6, 6.07) is -0.747. The molecule has 1 amide bonds. The van der Waals surface area contributed by atoms with Crippen LogP contribution in [0.15, 0.2) is 10.9 Å². The summed E-state index contributed by atoms with van der Waals surface area (Å²) < 4.78 is 46.4. The third kappa shape index (κ3) is 3.22. The number of ether oxygens (including phenoxy) is 1. The number of halogens is 3. The van der Waals surface area contributed by atoms with Crippen molar-refractivity contribution >= 4 is 17.7 Å². The second-order valence-corrected chi connectivity index (χ2v) is 6.26. The van der Waals surface area contributed by atoms with Crippen LogP contribution in [0.3, 0.4) is 0 Å². The molecule has 25 heavy (non-hydrogen) atoms. The SMILES string of the molecule is CC(=O)N1c2nc(N3CCOC[C@H]3C)cc(=O)n2CC[C@H]1C(F)(F)F. The van der Waals surface area contributed by atoms with Crippen LogP contribution in [0.1, 0.15) is 20.3 Å². The normalized spacial score (nSPS) is 24.2. The lowest BCUT2D eigenvalue weighted by atomic mass is 10.1. The van der Waals surface area contributed by atoms with Crippen molar-refractivity contribution < 1.29 is 22.7 Å². The number of rotatable bonds is 1. The van der Waals surface area contributed by atoms with Crippen LogP contribution in [0.2, 0.25) is 0 Å². The van der Waals surface area contributed by atoms with Crippen molar-refractivity contribution in [2.24, 2.45) is 0 Å². The Morgan fingerprint density at radius 1 is 1.36 bits per heavy atom. The van der Waals surface area contributed by atoms with Crippen LogP contribution in [-0.2, 0) is 16.1 Å². The van der Waals surface area contributed by atoms with Crippen molar-refractivity contribution in [3.8, 4) is 0 Å². The predicted molar refractivity (Wildman–Crippen MR) is 83.7 cm³/mol. The zero-order valence-electron chi connectivity index (χ0n) is 13.9. The Bertz CT molecular complexity index is 734. The number of carbonyl (C=O) groups excluding carboxylic acids is 1. The largest absolute Gasteiger partial charge is 0.409 e. The molecule has 0 aromatic carbocycles. The van der Waals surface area contributed by atoms with E-state index in [4.69, 9.17) is 4.74 Å². The Hall–Kier alpha value is -2.10. The van der Waals surface area contributed by atoms with Gasteiger partial charge in [-0.1, -0.05) is 0 Å². The monoisotopic (exact) mass is 360 g/mol. The van der Waals surface area contributed by atoms with Gasteiger partial charge in [0.1, 0.15) is 11.9 Å². The molecule has 0 unspecified atom stereocenters. The highest BCUT2D eigenvalue weighted by Gasteiger charge is 2.48. The second kappa shape index (κ2) is 6.32. The van der Waals surface area contributed by atoms with Crippen LogP contribution in [0.5, 0.6) is 0 Å². The van der Waals surface area contributed by atoms with Crippen LogP contribution in [0.25, 0.3) is 0 Å². The number of fused-ring (bicyclic) bond motifs is 1. The number of carbonyl (C=O) groups is 1. The topological polar surface area (TPSA) is 67.7 Å². The lowest BCUT2D eigenvalue weighted by Crippen LogP contribution is -2.54. The molecule has 10 heteroatoms. The average Bonchev–Trinajstić information content (AvgIpc) is 2.53. The first kappa shape index (κ1) is 17.7. The molecule has 0 spiro atoms. The molecule has 1 fully saturated rings. The Morgan fingerprint density at radius 2 is 2.08 bits per heavy atom. The molecule has 0 saturated carbocycles. The molecule has 138 valence electrons. The Labute approximate surface area is 142 Å². The van der Waals surface area contributed by atoms with Gasteiger partial charge in [0.05, 0.1) is 19.3 Å². The van der Waals surface area contributed by atoms with E-state index in [9.17, 15) is 22.8 Å². The third-order valence-electron chi connectivity index (χ3n) is 4.51. The Kier molecular flexibility index (Phi) is 4.48. The molecule has 7 nitrogen and oxygen atoms in total. The van der Waals surface area contributed by atoms with Crippen LogP contribution < -0.4 is 15.4 Å². The van der Waals surface area contributed by atoms with Crippen LogP contribution in [-0.4, -0.2) is 53.5 Å². The maximum Gasteiger partial charge on any atom is 0.409 e. The van der Waals surface area contributed by atoms with Crippen LogP contribution >= 0.6 is 0 Å². The van der Waals surface area contributed by atoms with Gasteiger partial charge in [0, 0.05) is 26.1 Å². The first-order valence-electron chi connectivity index (χ1n) is 8.03. The van der Waals surface area contributed by atoms with Crippen LogP contribution in [0.4, 0.5) is 24.9 Å². The summed E-state index contributed by atoms with van der Waals surface area (Å²) in [5, 5.41) is 0. The molecule has 2 aliphatic rings. The smallest absolute Gasteiger partial charge is 0.377 e. The van der Waals surface area contributed by atoms with Crippen molar-refractivity contribution in [2.75, 3.05) is 29.6 Å². The van der Waals surface area contributed by atoms with Crippen molar-refractivity contribution in [3.63, 3.8) is 0 Å². The van der Waals surface area contributed by atoms with E-state index in [2.05, 4.69) is 4.98 Å². The number of hydrogen-bond acceptors (Lipinski definition) is 5. The van der Waals surface area contributed by atoms with Gasteiger partial charge in [0.15, 0.2) is 0 Å². The van der Waals surface area contributed by atoms with E-state index in [0.717, 1.165) is 11.5 Å². The standard InChI is InChI=1S/C15H19F3N4O3/c1-9-8-25-6-5-20(9)12-7-13(24)21-4-3-11(15(16,17)18)22(10(2)23)14(21)19-12/h7,9,11H,3-6,8H2,1-2H3/t9-,11+/m1/s1. The number of anilines is 2. The van der Waals surface area contributed by atoms with Gasteiger partial charge in [-0.2, -0.15) is 18.2 Å². The number of nitrogens with zero attached hydrogens (tertiary/aromatic N) is 4. The molecule has 3 heterocycles. The molecule has 1 aromatic heterocycles. The Balaban J connectivity index is 2.09. The molecule has 2 atom stereocenters. The molecule has 2 aliphatic heterocycles. The summed E-state index contributed by atoms with van der Waals surface area (Å²) in [5.41, 5.74) is -0.467. The van der Waals surface area contributed by atoms with Gasteiger partial charge in [0.2, 0.25) is 11.9 Å². The fraction of sp³-hybridized carbons (Fsp3) is 0.667. The average molecular weight is 360 g/mol. The van der Waals surface area contributed by atoms with Gasteiger partial charge in [-0.15, -0.1) is 0 Å². The molecule has 0 radical (unpaired) electrons. The lowest BCUT2D eigenvalue weighted by molar-refractivity contribution is -0.157. The van der Waals surface area contributed by atoms with Gasteiger partial charge < -0.3 is 9.64 Å². The summed E-state index contributed by atoms with van der Waals surface area (Å²) >= 11 is 0. The van der Waals surface area contributed by atoms with E-state index in [1.807, 2.05) is 6.92 Å². The molecule has 0 N–H and O–H groups in total. The van der Waals surface area contributed by atoms with E-state index >= 15 is 0 Å². The van der Waals surface area contributed by atoms with Gasteiger partial charge in [-0.05, 0) is 13.3 Å². The summed E-state index contributed by atoms with van der Waals surface area (Å²) in [4.78, 5) is 31.0. The third-order valence-corrected chi connectivity index (χ3v) is 4.51. The van der Waals surface area contributed by atoms with E-state index in [0.29, 0.717) is 24.7 Å². The highest BCUT2D eigenvalue weighted by Crippen LogP contribution is 2.34. The predicted octanol–water partition coefficient (Wildman–Crippen LogP) is 1.16. The maximum absolute atomic E-state index is 13.3. The molecular weight excluding hydrogens is 341 g/mol. The molecular formula is C15H19F3N4O3. The van der Waals surface area contributed by atoms with Gasteiger partial charge >= 0.3 is 6.18 Å². The maximum atomic E-state index is 13.3. The zero-order chi connectivity index (χ0) is 18.4. The van der Waals surface area contributed by atoms with E-state index in [-0.39, 0.29) is 30.8 Å². The first-order valence-corrected chi connectivity index (χ1v) is 8.03. The number of morpholine rings is 1. The summed E-state index contributed by atoms with van der Waals surface area (Å²) in [5.74, 6) is -0.779. The fourth-order valence-corrected chi connectivity index (χ4v) is 3.28. The van der Waals surface area contributed by atoms with Crippen molar-refractivity contribution in [3.05, 3.63) is 16.4 Å². The van der Waals surface area contributed by atoms with Crippen molar-refractivity contribution in [2.45, 2.75) is 45.1 Å². The van der Waals surface area contributed by atoms with E-state index in [1.165, 1.54) is 6.07 Å². The number of alkyl halides is 3. The van der Waals surface area contributed by atoms with Crippen molar-refractivity contribution in [1.82, 2.24) is 9.55 Å². The number of aromatic nitrogens is 2. The van der Waals surface area contributed by atoms with Gasteiger partial charge in [-0.3, -0.25) is 19.1 Å². The first-order chi connectivity index (χ1) is 11.7. The summed E-state index contributed by atoms with van der Waals surface area (Å²) in [7, 11) is 0. The number of amides is 1. The number of hydrogen-bond donors (Lipinski definition) is 0. The fourth-order valence-electron chi connectivity index (χ4n) is 3.28. The summed E-state index contributed by atoms with van der Waals surface area (Å²) in [6.07, 6.45) is -4.96. The summed E-state index contributed by atoms with van der Waals surface area (Å²) in [6.45, 7) is 4.13. The van der Waals surface area contributed by atoms with Gasteiger partial charge in [-0.25, -0.2) is 0 Å². The van der Waals surface area contributed by atoms with Crippen molar-refractivity contribution in [1.29, 1.82) is 0 Å². The van der Waals surface area contributed by atoms with E-state index < -0.39 is 23.7 Å². The quantitative estimate of drug-likeness (QED) is 0.752. The Morgan fingerprint density at radius 3 is 2.68 bits per heavy atom. The second-order valence-electron chi connectivity index (χ2n) is 6.26. The zero-order valence-corrected chi connectivity index (χ0v) is 13.9. The molecule has 3 rings (SSSR count). The van der Waals surface area contributed by atoms with Gasteiger partial charge in [0.25, 0.3) is 5.56 Å². The minimum atomic E-state index is -4.59. The highest BCUT2D eigenvalue weighted by molar-refractivity contribution is 5.91. The minimum absolute atomic E-state index is 0.0727. The molecule has 0 aliphatic carbocycles. The molecule has 1 saturated heterocycles.